The number of benzene rings is 1. The molecule has 3 heterocycles. The second-order valence-corrected chi connectivity index (χ2v) is 7.69. The third-order valence-electron chi connectivity index (χ3n) is 6.06. The summed E-state index contributed by atoms with van der Waals surface area (Å²) in [5, 5.41) is 0. The molecule has 4 amide bonds. The van der Waals surface area contributed by atoms with Crippen LogP contribution in [-0.4, -0.2) is 74.8 Å². The van der Waals surface area contributed by atoms with Crippen LogP contribution in [0.5, 0.6) is 6.01 Å². The van der Waals surface area contributed by atoms with Crippen LogP contribution in [0, 0.1) is 0 Å². The van der Waals surface area contributed by atoms with Gasteiger partial charge in [0.25, 0.3) is 11.8 Å². The fourth-order valence-electron chi connectivity index (χ4n) is 4.32. The Hall–Kier alpha value is -3.49. The van der Waals surface area contributed by atoms with E-state index in [0.29, 0.717) is 44.6 Å². The number of methoxy groups -OCH3 is 1. The molecule has 0 bridgehead atoms. The van der Waals surface area contributed by atoms with E-state index >= 15 is 0 Å². The number of piperidine rings is 1. The standard InChI is InChI=1S/C22H25N5O4/c1-3-26-19(29)22(27(21(26)30)15-16-7-5-4-6-8-16)9-11-25(12-10-22)18(28)17-13-23-20(31-2)24-14-17/h4-8,13-14H,3,9-12,15H2,1-2H3. The summed E-state index contributed by atoms with van der Waals surface area (Å²) < 4.78 is 4.93. The van der Waals surface area contributed by atoms with Gasteiger partial charge in [0.2, 0.25) is 0 Å². The molecule has 162 valence electrons. The summed E-state index contributed by atoms with van der Waals surface area (Å²) >= 11 is 0. The summed E-state index contributed by atoms with van der Waals surface area (Å²) in [4.78, 5) is 51.9. The van der Waals surface area contributed by atoms with Crippen molar-refractivity contribution in [2.45, 2.75) is 31.8 Å². The largest absolute Gasteiger partial charge is 0.467 e. The molecule has 2 aromatic rings. The molecule has 9 nitrogen and oxygen atoms in total. The normalized spacial score (nSPS) is 18.1. The van der Waals surface area contributed by atoms with Crippen molar-refractivity contribution >= 4 is 17.8 Å². The summed E-state index contributed by atoms with van der Waals surface area (Å²) in [6.45, 7) is 3.23. The highest BCUT2D eigenvalue weighted by Gasteiger charge is 2.57. The topological polar surface area (TPSA) is 95.9 Å². The van der Waals surface area contributed by atoms with E-state index in [1.807, 2.05) is 30.3 Å². The van der Waals surface area contributed by atoms with E-state index in [1.54, 1.807) is 16.7 Å². The number of aromatic nitrogens is 2. The van der Waals surface area contributed by atoms with Crippen LogP contribution in [0.25, 0.3) is 0 Å². The maximum Gasteiger partial charge on any atom is 0.327 e. The van der Waals surface area contributed by atoms with Crippen LogP contribution in [0.1, 0.15) is 35.7 Å². The van der Waals surface area contributed by atoms with Crippen LogP contribution in [0.2, 0.25) is 0 Å². The van der Waals surface area contributed by atoms with Crippen LogP contribution < -0.4 is 4.74 Å². The average molecular weight is 423 g/mol. The lowest BCUT2D eigenvalue weighted by Crippen LogP contribution is -2.57. The molecule has 1 spiro atoms. The third-order valence-corrected chi connectivity index (χ3v) is 6.06. The number of rotatable bonds is 5. The van der Waals surface area contributed by atoms with Gasteiger partial charge in [0.15, 0.2) is 0 Å². The molecule has 0 saturated carbocycles. The molecule has 2 saturated heterocycles. The van der Waals surface area contributed by atoms with Crippen LogP contribution in [0.15, 0.2) is 42.7 Å². The van der Waals surface area contributed by atoms with E-state index in [1.165, 1.54) is 24.4 Å². The summed E-state index contributed by atoms with van der Waals surface area (Å²) in [7, 11) is 1.46. The van der Waals surface area contributed by atoms with Gasteiger partial charge in [-0.3, -0.25) is 14.5 Å². The SMILES string of the molecule is CCN1C(=O)N(Cc2ccccc2)C2(CCN(C(=O)c3cnc(OC)nc3)CC2)C1=O. The first-order valence-corrected chi connectivity index (χ1v) is 10.3. The van der Waals surface area contributed by atoms with Crippen molar-refractivity contribution in [1.29, 1.82) is 0 Å². The highest BCUT2D eigenvalue weighted by Crippen LogP contribution is 2.38. The predicted molar refractivity (Wildman–Crippen MR) is 111 cm³/mol. The Kier molecular flexibility index (Phi) is 5.58. The second kappa shape index (κ2) is 8.33. The predicted octanol–water partition coefficient (Wildman–Crippen LogP) is 1.94. The lowest BCUT2D eigenvalue weighted by molar-refractivity contribution is -0.135. The monoisotopic (exact) mass is 423 g/mol. The van der Waals surface area contributed by atoms with E-state index in [4.69, 9.17) is 4.74 Å². The fraction of sp³-hybridized carbons (Fsp3) is 0.409. The first kappa shape index (κ1) is 20.8. The first-order valence-electron chi connectivity index (χ1n) is 10.3. The van der Waals surface area contributed by atoms with Gasteiger partial charge < -0.3 is 14.5 Å². The number of carbonyl (C=O) groups is 3. The molecule has 1 aromatic heterocycles. The zero-order valence-corrected chi connectivity index (χ0v) is 17.7. The van der Waals surface area contributed by atoms with Gasteiger partial charge in [-0.15, -0.1) is 0 Å². The zero-order chi connectivity index (χ0) is 22.0. The average Bonchev–Trinajstić information content (AvgIpc) is 3.00. The molecule has 2 fully saturated rings. The lowest BCUT2D eigenvalue weighted by atomic mass is 9.85. The number of ether oxygens (including phenoxy) is 1. The Morgan fingerprint density at radius 1 is 1.10 bits per heavy atom. The van der Waals surface area contributed by atoms with Crippen LogP contribution >= 0.6 is 0 Å². The maximum absolute atomic E-state index is 13.3. The molecule has 4 rings (SSSR count). The van der Waals surface area contributed by atoms with Gasteiger partial charge in [-0.25, -0.2) is 14.8 Å². The summed E-state index contributed by atoms with van der Waals surface area (Å²) in [6, 6.07) is 9.58. The van der Waals surface area contributed by atoms with Crippen LogP contribution in [-0.2, 0) is 11.3 Å². The van der Waals surface area contributed by atoms with E-state index in [0.717, 1.165) is 5.56 Å². The van der Waals surface area contributed by atoms with Gasteiger partial charge in [0.05, 0.1) is 12.7 Å². The van der Waals surface area contributed by atoms with Crippen LogP contribution in [0.3, 0.4) is 0 Å². The Morgan fingerprint density at radius 2 is 1.74 bits per heavy atom. The smallest absolute Gasteiger partial charge is 0.327 e. The number of imide groups is 1. The second-order valence-electron chi connectivity index (χ2n) is 7.69. The molecule has 0 aliphatic carbocycles. The number of nitrogens with zero attached hydrogens (tertiary/aromatic N) is 5. The van der Waals surface area contributed by atoms with Crippen molar-refractivity contribution in [2.24, 2.45) is 0 Å². The minimum Gasteiger partial charge on any atom is -0.467 e. The molecular weight excluding hydrogens is 398 g/mol. The van der Waals surface area contributed by atoms with Gasteiger partial charge in [0, 0.05) is 38.6 Å². The summed E-state index contributed by atoms with van der Waals surface area (Å²) in [5.74, 6) is -0.368. The molecule has 31 heavy (non-hydrogen) atoms. The first-order chi connectivity index (χ1) is 15.0. The molecular formula is C22H25N5O4. The van der Waals surface area contributed by atoms with E-state index in [-0.39, 0.29) is 23.9 Å². The molecule has 1 aromatic carbocycles. The molecule has 0 N–H and O–H groups in total. The van der Waals surface area contributed by atoms with E-state index in [2.05, 4.69) is 9.97 Å². The summed E-state index contributed by atoms with van der Waals surface area (Å²) in [6.07, 6.45) is 3.65. The fourth-order valence-corrected chi connectivity index (χ4v) is 4.32. The Bertz CT molecular complexity index is 971. The van der Waals surface area contributed by atoms with Crippen molar-refractivity contribution in [2.75, 3.05) is 26.7 Å². The lowest BCUT2D eigenvalue weighted by Gasteiger charge is -2.42. The Balaban J connectivity index is 1.54. The minimum atomic E-state index is -0.921. The van der Waals surface area contributed by atoms with Gasteiger partial charge in [0.1, 0.15) is 5.54 Å². The van der Waals surface area contributed by atoms with Gasteiger partial charge in [-0.2, -0.15) is 0 Å². The highest BCUT2D eigenvalue weighted by atomic mass is 16.5. The van der Waals surface area contributed by atoms with Crippen molar-refractivity contribution in [1.82, 2.24) is 24.7 Å². The number of urea groups is 1. The number of likely N-dealkylation sites (N-methyl/N-ethyl adjacent to an activating group) is 1. The Morgan fingerprint density at radius 3 is 2.32 bits per heavy atom. The van der Waals surface area contributed by atoms with Crippen molar-refractivity contribution in [3.63, 3.8) is 0 Å². The highest BCUT2D eigenvalue weighted by molar-refractivity contribution is 6.07. The molecule has 9 heteroatoms. The Labute approximate surface area is 180 Å². The number of hydrogen-bond donors (Lipinski definition) is 0. The van der Waals surface area contributed by atoms with Crippen molar-refractivity contribution in [3.8, 4) is 6.01 Å². The van der Waals surface area contributed by atoms with Crippen LogP contribution in [0.4, 0.5) is 4.79 Å². The van der Waals surface area contributed by atoms with Gasteiger partial charge >= 0.3 is 12.0 Å². The van der Waals surface area contributed by atoms with Gasteiger partial charge in [-0.05, 0) is 25.3 Å². The number of amides is 4. The minimum absolute atomic E-state index is 0.171. The number of likely N-dealkylation sites (tertiary alicyclic amines) is 1. The quantitative estimate of drug-likeness (QED) is 0.682. The molecule has 2 aliphatic rings. The number of carbonyl (C=O) groups excluding carboxylic acids is 3. The molecule has 2 aliphatic heterocycles. The van der Waals surface area contributed by atoms with E-state index in [9.17, 15) is 14.4 Å². The third kappa shape index (κ3) is 3.60. The number of hydrogen-bond acceptors (Lipinski definition) is 6. The molecule has 0 radical (unpaired) electrons. The summed E-state index contributed by atoms with van der Waals surface area (Å²) in [5.41, 5.74) is 0.410. The maximum atomic E-state index is 13.3. The van der Waals surface area contributed by atoms with Crippen molar-refractivity contribution < 1.29 is 19.1 Å². The zero-order valence-electron chi connectivity index (χ0n) is 17.7. The molecule has 0 unspecified atom stereocenters. The van der Waals surface area contributed by atoms with Gasteiger partial charge in [-0.1, -0.05) is 30.3 Å². The van der Waals surface area contributed by atoms with E-state index < -0.39 is 5.54 Å². The van der Waals surface area contributed by atoms with Crippen molar-refractivity contribution in [3.05, 3.63) is 53.9 Å². The molecule has 0 atom stereocenters.